The van der Waals surface area contributed by atoms with E-state index in [1.54, 1.807) is 11.3 Å². The lowest BCUT2D eigenvalue weighted by molar-refractivity contribution is -0.117. The number of carbonyl (C=O) groups is 1. The highest BCUT2D eigenvalue weighted by Crippen LogP contribution is 2.19. The van der Waals surface area contributed by atoms with Crippen LogP contribution in [0.1, 0.15) is 18.9 Å². The zero-order valence-electron chi connectivity index (χ0n) is 7.83. The van der Waals surface area contributed by atoms with Crippen molar-refractivity contribution in [3.8, 4) is 0 Å². The Bertz CT molecular complexity index is 296. The summed E-state index contributed by atoms with van der Waals surface area (Å²) < 4.78 is 0. The molecule has 0 aliphatic rings. The number of aryl methyl sites for hydroxylation is 1. The quantitative estimate of drug-likeness (QED) is 0.777. The highest BCUT2D eigenvalue weighted by Gasteiger charge is 2.11. The average molecular weight is 198 g/mol. The monoisotopic (exact) mass is 198 g/mol. The molecule has 13 heavy (non-hydrogen) atoms. The molecule has 0 bridgehead atoms. The van der Waals surface area contributed by atoms with Gasteiger partial charge in [0.05, 0.1) is 11.7 Å². The normalized spacial score (nSPS) is 12.5. The van der Waals surface area contributed by atoms with Crippen molar-refractivity contribution < 1.29 is 4.79 Å². The van der Waals surface area contributed by atoms with Gasteiger partial charge in [0.2, 0.25) is 5.91 Å². The summed E-state index contributed by atoms with van der Waals surface area (Å²) in [6.07, 6.45) is 0.662. The first-order chi connectivity index (χ1) is 6.15. The highest BCUT2D eigenvalue weighted by atomic mass is 32.1. The molecular formula is C9H14N2OS. The van der Waals surface area contributed by atoms with Gasteiger partial charge in [0.25, 0.3) is 0 Å². The smallest absolute Gasteiger partial charge is 0.241 e. The van der Waals surface area contributed by atoms with Crippen molar-refractivity contribution in [1.82, 2.24) is 0 Å². The van der Waals surface area contributed by atoms with Crippen LogP contribution >= 0.6 is 11.3 Å². The predicted molar refractivity (Wildman–Crippen MR) is 56.0 cm³/mol. The number of thiophene rings is 1. The lowest BCUT2D eigenvalue weighted by Gasteiger charge is -2.09. The first kappa shape index (κ1) is 10.2. The van der Waals surface area contributed by atoms with Crippen LogP contribution in [0.15, 0.2) is 10.8 Å². The average Bonchev–Trinajstić information content (AvgIpc) is 2.50. The summed E-state index contributed by atoms with van der Waals surface area (Å²) in [5, 5.41) is 6.69. The summed E-state index contributed by atoms with van der Waals surface area (Å²) >= 11 is 1.57. The van der Waals surface area contributed by atoms with Gasteiger partial charge in [-0.2, -0.15) is 0 Å². The molecule has 0 spiro atoms. The molecule has 1 rings (SSSR count). The zero-order chi connectivity index (χ0) is 9.84. The van der Waals surface area contributed by atoms with Crippen LogP contribution in [-0.2, 0) is 4.79 Å². The molecular weight excluding hydrogens is 184 g/mol. The molecule has 0 aliphatic carbocycles. The van der Waals surface area contributed by atoms with Crippen molar-refractivity contribution in [2.45, 2.75) is 26.3 Å². The van der Waals surface area contributed by atoms with E-state index in [9.17, 15) is 4.79 Å². The van der Waals surface area contributed by atoms with E-state index in [2.05, 4.69) is 5.32 Å². The van der Waals surface area contributed by atoms with E-state index in [1.165, 1.54) is 0 Å². The molecule has 0 fully saturated rings. The minimum atomic E-state index is -0.403. The van der Waals surface area contributed by atoms with Crippen LogP contribution < -0.4 is 11.1 Å². The lowest BCUT2D eigenvalue weighted by Crippen LogP contribution is -2.34. The Balaban J connectivity index is 2.60. The second-order valence-electron chi connectivity index (χ2n) is 2.97. The Hall–Kier alpha value is -0.870. The van der Waals surface area contributed by atoms with Crippen molar-refractivity contribution in [3.63, 3.8) is 0 Å². The fourth-order valence-electron chi connectivity index (χ4n) is 0.899. The minimum absolute atomic E-state index is 0.107. The number of rotatable bonds is 3. The molecule has 72 valence electrons. The van der Waals surface area contributed by atoms with Gasteiger partial charge in [-0.25, -0.2) is 0 Å². The molecule has 1 atom stereocenters. The lowest BCUT2D eigenvalue weighted by atomic mass is 10.2. The van der Waals surface area contributed by atoms with Gasteiger partial charge in [-0.1, -0.05) is 6.92 Å². The van der Waals surface area contributed by atoms with Gasteiger partial charge in [0, 0.05) is 5.38 Å². The number of nitrogens with two attached hydrogens (primary N) is 1. The van der Waals surface area contributed by atoms with Crippen LogP contribution in [0.25, 0.3) is 0 Å². The van der Waals surface area contributed by atoms with E-state index in [1.807, 2.05) is 24.6 Å². The Morgan fingerprint density at radius 1 is 1.69 bits per heavy atom. The molecule has 0 radical (unpaired) electrons. The molecule has 1 aromatic rings. The summed E-state index contributed by atoms with van der Waals surface area (Å²) in [7, 11) is 0. The van der Waals surface area contributed by atoms with Crippen molar-refractivity contribution in [2.24, 2.45) is 5.73 Å². The third kappa shape index (κ3) is 2.54. The van der Waals surface area contributed by atoms with Crippen molar-refractivity contribution in [1.29, 1.82) is 0 Å². The summed E-state index contributed by atoms with van der Waals surface area (Å²) in [4.78, 5) is 11.4. The number of anilines is 1. The number of carbonyl (C=O) groups excluding carboxylic acids is 1. The van der Waals surface area contributed by atoms with E-state index in [-0.39, 0.29) is 5.91 Å². The summed E-state index contributed by atoms with van der Waals surface area (Å²) in [6.45, 7) is 3.86. The second kappa shape index (κ2) is 4.39. The van der Waals surface area contributed by atoms with Crippen LogP contribution in [0.4, 0.5) is 5.69 Å². The topological polar surface area (TPSA) is 55.1 Å². The molecule has 0 aliphatic heterocycles. The highest BCUT2D eigenvalue weighted by molar-refractivity contribution is 7.08. The van der Waals surface area contributed by atoms with Gasteiger partial charge in [-0.05, 0) is 24.3 Å². The second-order valence-corrected chi connectivity index (χ2v) is 3.72. The number of hydrogen-bond donors (Lipinski definition) is 2. The minimum Gasteiger partial charge on any atom is -0.324 e. The SMILES string of the molecule is CC[C@@H](N)C(=O)Nc1cscc1C. The summed E-state index contributed by atoms with van der Waals surface area (Å²) in [5.41, 5.74) is 7.53. The fraction of sp³-hybridized carbons (Fsp3) is 0.444. The van der Waals surface area contributed by atoms with E-state index < -0.39 is 6.04 Å². The van der Waals surface area contributed by atoms with E-state index in [0.717, 1.165) is 11.3 Å². The number of hydrogen-bond acceptors (Lipinski definition) is 3. The van der Waals surface area contributed by atoms with Gasteiger partial charge >= 0.3 is 0 Å². The molecule has 0 unspecified atom stereocenters. The van der Waals surface area contributed by atoms with Crippen LogP contribution in [0.5, 0.6) is 0 Å². The van der Waals surface area contributed by atoms with Gasteiger partial charge in [0.15, 0.2) is 0 Å². The molecule has 0 saturated heterocycles. The molecule has 0 saturated carbocycles. The van der Waals surface area contributed by atoms with Crippen molar-refractivity contribution in [2.75, 3.05) is 5.32 Å². The Morgan fingerprint density at radius 2 is 2.38 bits per heavy atom. The summed E-state index contributed by atoms with van der Waals surface area (Å²) in [5.74, 6) is -0.107. The predicted octanol–water partition coefficient (Wildman–Crippen LogP) is 1.73. The van der Waals surface area contributed by atoms with Crippen LogP contribution in [0, 0.1) is 6.92 Å². The fourth-order valence-corrected chi connectivity index (χ4v) is 1.68. The Kier molecular flexibility index (Phi) is 3.45. The van der Waals surface area contributed by atoms with Crippen molar-refractivity contribution in [3.05, 3.63) is 16.3 Å². The third-order valence-corrected chi connectivity index (χ3v) is 2.75. The van der Waals surface area contributed by atoms with Gasteiger partial charge in [0.1, 0.15) is 0 Å². The first-order valence-corrected chi connectivity index (χ1v) is 5.18. The molecule has 3 N–H and O–H groups in total. The molecule has 3 nitrogen and oxygen atoms in total. The van der Waals surface area contributed by atoms with Crippen LogP contribution in [-0.4, -0.2) is 11.9 Å². The van der Waals surface area contributed by atoms with Gasteiger partial charge in [-0.3, -0.25) is 4.79 Å². The maximum atomic E-state index is 11.4. The van der Waals surface area contributed by atoms with Gasteiger partial charge < -0.3 is 11.1 Å². The molecule has 4 heteroatoms. The standard InChI is InChI=1S/C9H14N2OS/c1-3-7(10)9(12)11-8-5-13-4-6(8)2/h4-5,7H,3,10H2,1-2H3,(H,11,12)/t7-/m1/s1. The third-order valence-electron chi connectivity index (χ3n) is 1.89. The zero-order valence-corrected chi connectivity index (χ0v) is 8.65. The van der Waals surface area contributed by atoms with Crippen LogP contribution in [0.2, 0.25) is 0 Å². The van der Waals surface area contributed by atoms with Crippen molar-refractivity contribution >= 4 is 22.9 Å². The maximum absolute atomic E-state index is 11.4. The van der Waals surface area contributed by atoms with Gasteiger partial charge in [-0.15, -0.1) is 11.3 Å². The maximum Gasteiger partial charge on any atom is 0.241 e. The van der Waals surface area contributed by atoms with E-state index in [4.69, 9.17) is 5.73 Å². The number of amides is 1. The molecule has 0 aromatic carbocycles. The molecule has 1 aromatic heterocycles. The van der Waals surface area contributed by atoms with E-state index in [0.29, 0.717) is 6.42 Å². The molecule has 1 heterocycles. The number of nitrogens with one attached hydrogen (secondary N) is 1. The first-order valence-electron chi connectivity index (χ1n) is 4.24. The Morgan fingerprint density at radius 3 is 2.85 bits per heavy atom. The van der Waals surface area contributed by atoms with E-state index >= 15 is 0 Å². The Labute approximate surface area is 81.9 Å². The van der Waals surface area contributed by atoms with Crippen LogP contribution in [0.3, 0.4) is 0 Å². The molecule has 1 amide bonds. The summed E-state index contributed by atoms with van der Waals surface area (Å²) in [6, 6.07) is -0.403. The largest absolute Gasteiger partial charge is 0.324 e.